The van der Waals surface area contributed by atoms with Gasteiger partial charge in [-0.05, 0) is 32.0 Å². The van der Waals surface area contributed by atoms with Crippen LogP contribution in [0.4, 0.5) is 0 Å². The zero-order chi connectivity index (χ0) is 13.3. The van der Waals surface area contributed by atoms with E-state index in [-0.39, 0.29) is 11.4 Å². The third-order valence-electron chi connectivity index (χ3n) is 3.00. The third kappa shape index (κ3) is 2.87. The number of halogens is 2. The van der Waals surface area contributed by atoms with E-state index in [1.54, 1.807) is 18.2 Å². The maximum absolute atomic E-state index is 12.5. The van der Waals surface area contributed by atoms with Gasteiger partial charge in [0, 0.05) is 21.6 Å². The molecule has 1 saturated heterocycles. The molecule has 1 aromatic carbocycles. The summed E-state index contributed by atoms with van der Waals surface area (Å²) in [5.41, 5.74) is 0.314. The van der Waals surface area contributed by atoms with Crippen molar-refractivity contribution in [2.45, 2.75) is 19.4 Å². The first-order valence-corrected chi connectivity index (χ1v) is 6.93. The van der Waals surface area contributed by atoms with Crippen molar-refractivity contribution in [3.05, 3.63) is 33.3 Å². The summed E-state index contributed by atoms with van der Waals surface area (Å²) >= 11 is 9.33. The minimum absolute atomic E-state index is 0.00787. The normalized spacial score (nSPS) is 18.8. The molecule has 0 aromatic heterocycles. The molecule has 3 nitrogen and oxygen atoms in total. The van der Waals surface area contributed by atoms with Gasteiger partial charge in [0.05, 0.1) is 18.8 Å². The van der Waals surface area contributed by atoms with Crippen molar-refractivity contribution in [3.63, 3.8) is 0 Å². The minimum atomic E-state index is -0.288. The summed E-state index contributed by atoms with van der Waals surface area (Å²) in [6.45, 7) is 5.75. The van der Waals surface area contributed by atoms with E-state index in [1.165, 1.54) is 0 Å². The van der Waals surface area contributed by atoms with Gasteiger partial charge in [0.25, 0.3) is 5.91 Å². The third-order valence-corrected chi connectivity index (χ3v) is 3.68. The van der Waals surface area contributed by atoms with Gasteiger partial charge in [-0.2, -0.15) is 0 Å². The average Bonchev–Trinajstić information content (AvgIpc) is 2.26. The molecule has 5 heteroatoms. The number of ether oxygens (including phenoxy) is 1. The van der Waals surface area contributed by atoms with E-state index >= 15 is 0 Å². The minimum Gasteiger partial charge on any atom is -0.377 e. The highest BCUT2D eigenvalue weighted by Crippen LogP contribution is 2.25. The van der Waals surface area contributed by atoms with Crippen LogP contribution in [0, 0.1) is 0 Å². The Labute approximate surface area is 120 Å². The van der Waals surface area contributed by atoms with Crippen LogP contribution in [-0.2, 0) is 4.74 Å². The first-order chi connectivity index (χ1) is 8.40. The Bertz CT molecular complexity index is 456. The molecule has 98 valence electrons. The van der Waals surface area contributed by atoms with Crippen molar-refractivity contribution >= 4 is 33.4 Å². The second-order valence-corrected chi connectivity index (χ2v) is 6.33. The second kappa shape index (κ2) is 5.19. The largest absolute Gasteiger partial charge is 0.377 e. The molecule has 0 aliphatic carbocycles. The summed E-state index contributed by atoms with van der Waals surface area (Å²) in [4.78, 5) is 14.4. The van der Waals surface area contributed by atoms with Gasteiger partial charge in [-0.25, -0.2) is 0 Å². The highest BCUT2D eigenvalue weighted by atomic mass is 79.9. The van der Waals surface area contributed by atoms with Crippen LogP contribution >= 0.6 is 27.5 Å². The Balaban J connectivity index is 2.30. The van der Waals surface area contributed by atoms with Crippen LogP contribution in [0.25, 0.3) is 0 Å². The number of hydrogen-bond acceptors (Lipinski definition) is 2. The molecule has 1 heterocycles. The lowest BCUT2D eigenvalue weighted by Crippen LogP contribution is -2.55. The molecule has 0 bridgehead atoms. The van der Waals surface area contributed by atoms with E-state index in [4.69, 9.17) is 16.3 Å². The van der Waals surface area contributed by atoms with Crippen LogP contribution in [-0.4, -0.2) is 36.1 Å². The van der Waals surface area contributed by atoms with Crippen LogP contribution in [0.5, 0.6) is 0 Å². The van der Waals surface area contributed by atoms with E-state index in [0.717, 1.165) is 4.47 Å². The Hall–Kier alpha value is -0.580. The summed E-state index contributed by atoms with van der Waals surface area (Å²) in [6, 6.07) is 5.25. The molecule has 1 aliphatic rings. The first kappa shape index (κ1) is 13.8. The lowest BCUT2D eigenvalue weighted by Gasteiger charge is -2.42. The van der Waals surface area contributed by atoms with Crippen LogP contribution in [0.3, 0.4) is 0 Å². The van der Waals surface area contributed by atoms with Crippen LogP contribution in [0.15, 0.2) is 22.7 Å². The number of carbonyl (C=O) groups is 1. The predicted octanol–water partition coefficient (Wildman–Crippen LogP) is 3.35. The Morgan fingerprint density at radius 3 is 2.78 bits per heavy atom. The Morgan fingerprint density at radius 1 is 1.44 bits per heavy atom. The molecule has 0 atom stereocenters. The van der Waals surface area contributed by atoms with Crippen LogP contribution in [0.2, 0.25) is 5.02 Å². The highest BCUT2D eigenvalue weighted by molar-refractivity contribution is 9.10. The predicted molar refractivity (Wildman–Crippen MR) is 75.1 cm³/mol. The lowest BCUT2D eigenvalue weighted by molar-refractivity contribution is -0.0370. The SMILES string of the molecule is CC1(C)COCCN1C(=O)c1cc(Cl)cc(Br)c1. The molecule has 18 heavy (non-hydrogen) atoms. The number of carbonyl (C=O) groups excluding carboxylic acids is 1. The molecule has 0 radical (unpaired) electrons. The fourth-order valence-electron chi connectivity index (χ4n) is 2.07. The zero-order valence-corrected chi connectivity index (χ0v) is 12.7. The van der Waals surface area contributed by atoms with E-state index < -0.39 is 0 Å². The summed E-state index contributed by atoms with van der Waals surface area (Å²) in [5.74, 6) is -0.00787. The Morgan fingerprint density at radius 2 is 2.17 bits per heavy atom. The van der Waals surface area contributed by atoms with E-state index in [2.05, 4.69) is 15.9 Å². The molecule has 0 saturated carbocycles. The van der Waals surface area contributed by atoms with Gasteiger partial charge in [0.2, 0.25) is 0 Å². The molecule has 1 fully saturated rings. The molecule has 2 rings (SSSR count). The Kier molecular flexibility index (Phi) is 3.99. The van der Waals surface area contributed by atoms with Crippen molar-refractivity contribution in [1.82, 2.24) is 4.90 Å². The van der Waals surface area contributed by atoms with Gasteiger partial charge >= 0.3 is 0 Å². The van der Waals surface area contributed by atoms with Gasteiger partial charge in [-0.15, -0.1) is 0 Å². The standard InChI is InChI=1S/C13H15BrClNO2/c1-13(2)8-18-4-3-16(13)12(17)9-5-10(14)7-11(15)6-9/h5-7H,3-4,8H2,1-2H3. The quantitative estimate of drug-likeness (QED) is 0.789. The van der Waals surface area contributed by atoms with Gasteiger partial charge < -0.3 is 9.64 Å². The number of hydrogen-bond donors (Lipinski definition) is 0. The van der Waals surface area contributed by atoms with Crippen molar-refractivity contribution in [1.29, 1.82) is 0 Å². The fraction of sp³-hybridized carbons (Fsp3) is 0.462. The van der Waals surface area contributed by atoms with Crippen molar-refractivity contribution < 1.29 is 9.53 Å². The van der Waals surface area contributed by atoms with Crippen molar-refractivity contribution in [2.75, 3.05) is 19.8 Å². The van der Waals surface area contributed by atoms with E-state index in [1.807, 2.05) is 18.7 Å². The molecule has 0 spiro atoms. The van der Waals surface area contributed by atoms with Crippen molar-refractivity contribution in [3.8, 4) is 0 Å². The zero-order valence-electron chi connectivity index (χ0n) is 10.4. The summed E-state index contributed by atoms with van der Waals surface area (Å²) < 4.78 is 6.23. The maximum atomic E-state index is 12.5. The number of morpholine rings is 1. The summed E-state index contributed by atoms with van der Waals surface area (Å²) in [6.07, 6.45) is 0. The first-order valence-electron chi connectivity index (χ1n) is 5.76. The molecule has 0 N–H and O–H groups in total. The molecular weight excluding hydrogens is 318 g/mol. The van der Waals surface area contributed by atoms with E-state index in [0.29, 0.717) is 30.3 Å². The topological polar surface area (TPSA) is 29.5 Å². The number of amides is 1. The molecule has 1 amide bonds. The molecule has 1 aliphatic heterocycles. The average molecular weight is 333 g/mol. The molecular formula is C13H15BrClNO2. The van der Waals surface area contributed by atoms with Crippen LogP contribution in [0.1, 0.15) is 24.2 Å². The second-order valence-electron chi connectivity index (χ2n) is 4.98. The highest BCUT2D eigenvalue weighted by Gasteiger charge is 2.34. The van der Waals surface area contributed by atoms with Gasteiger partial charge in [0.1, 0.15) is 0 Å². The monoisotopic (exact) mass is 331 g/mol. The van der Waals surface area contributed by atoms with Gasteiger partial charge in [-0.3, -0.25) is 4.79 Å². The van der Waals surface area contributed by atoms with Gasteiger partial charge in [0.15, 0.2) is 0 Å². The van der Waals surface area contributed by atoms with Crippen molar-refractivity contribution in [2.24, 2.45) is 0 Å². The molecule has 0 unspecified atom stereocenters. The maximum Gasteiger partial charge on any atom is 0.254 e. The smallest absolute Gasteiger partial charge is 0.254 e. The lowest BCUT2D eigenvalue weighted by atomic mass is 10.0. The number of rotatable bonds is 1. The fourth-order valence-corrected chi connectivity index (χ4v) is 2.93. The van der Waals surface area contributed by atoms with E-state index in [9.17, 15) is 4.79 Å². The molecule has 1 aromatic rings. The summed E-state index contributed by atoms with van der Waals surface area (Å²) in [5, 5.41) is 0.554. The van der Waals surface area contributed by atoms with Crippen LogP contribution < -0.4 is 0 Å². The number of benzene rings is 1. The number of nitrogens with zero attached hydrogens (tertiary/aromatic N) is 1. The van der Waals surface area contributed by atoms with Gasteiger partial charge in [-0.1, -0.05) is 27.5 Å². The summed E-state index contributed by atoms with van der Waals surface area (Å²) in [7, 11) is 0.